The molecule has 0 radical (unpaired) electrons. The van der Waals surface area contributed by atoms with Crippen molar-refractivity contribution in [2.75, 3.05) is 19.5 Å². The van der Waals surface area contributed by atoms with Gasteiger partial charge in [-0.2, -0.15) is 0 Å². The third kappa shape index (κ3) is 1.95. The molecule has 0 unspecified atom stereocenters. The van der Waals surface area contributed by atoms with Gasteiger partial charge in [0.25, 0.3) is 0 Å². The largest absolute Gasteiger partial charge is 0.496 e. The van der Waals surface area contributed by atoms with E-state index in [1.54, 1.807) is 31.9 Å². The maximum Gasteiger partial charge on any atom is 0.163 e. The molecule has 4 heteroatoms. The summed E-state index contributed by atoms with van der Waals surface area (Å²) >= 11 is 1.71. The highest BCUT2D eigenvalue weighted by Gasteiger charge is 2.17. The van der Waals surface area contributed by atoms with Crippen LogP contribution < -0.4 is 9.47 Å². The number of carbonyl (C=O) groups is 1. The summed E-state index contributed by atoms with van der Waals surface area (Å²) in [6.07, 6.45) is 0. The molecule has 80 valence electrons. The van der Waals surface area contributed by atoms with Gasteiger partial charge >= 0.3 is 0 Å². The molecule has 0 N–H and O–H groups in total. The van der Waals surface area contributed by atoms with E-state index in [-0.39, 0.29) is 5.78 Å². The van der Waals surface area contributed by atoms with Crippen molar-refractivity contribution in [3.63, 3.8) is 0 Å². The molecule has 1 aromatic rings. The molecule has 0 amide bonds. The number of carbonyl (C=O) groups excluding carboxylic acids is 1. The Morgan fingerprint density at radius 3 is 3.00 bits per heavy atom. The van der Waals surface area contributed by atoms with Gasteiger partial charge in [-0.15, -0.1) is 11.8 Å². The van der Waals surface area contributed by atoms with Gasteiger partial charge in [-0.25, -0.2) is 0 Å². The summed E-state index contributed by atoms with van der Waals surface area (Å²) in [7, 11) is 1.56. The molecule has 3 nitrogen and oxygen atoms in total. The second-order valence-corrected chi connectivity index (χ2v) is 4.39. The van der Waals surface area contributed by atoms with E-state index in [1.807, 2.05) is 6.07 Å². The molecule has 0 saturated carbocycles. The van der Waals surface area contributed by atoms with Crippen molar-refractivity contribution in [3.05, 3.63) is 17.7 Å². The summed E-state index contributed by atoms with van der Waals surface area (Å²) in [5, 5.41) is 0. The molecule has 0 spiro atoms. The average Bonchev–Trinajstić information content (AvgIpc) is 2.27. The van der Waals surface area contributed by atoms with Crippen molar-refractivity contribution >= 4 is 17.5 Å². The summed E-state index contributed by atoms with van der Waals surface area (Å²) in [6, 6.07) is 3.64. The molecule has 0 fully saturated rings. The van der Waals surface area contributed by atoms with Gasteiger partial charge in [0.05, 0.1) is 24.2 Å². The maximum atomic E-state index is 11.4. The van der Waals surface area contributed by atoms with Gasteiger partial charge < -0.3 is 9.47 Å². The number of methoxy groups -OCH3 is 1. The molecule has 0 atom stereocenters. The van der Waals surface area contributed by atoms with Crippen molar-refractivity contribution in [3.8, 4) is 11.5 Å². The SMILES string of the molecule is COc1cc2c(cc1C(C)=O)SCCO2. The van der Waals surface area contributed by atoms with E-state index in [4.69, 9.17) is 9.47 Å². The van der Waals surface area contributed by atoms with E-state index in [0.717, 1.165) is 16.4 Å². The highest BCUT2D eigenvalue weighted by molar-refractivity contribution is 7.99. The molecule has 15 heavy (non-hydrogen) atoms. The van der Waals surface area contributed by atoms with Gasteiger partial charge in [0.2, 0.25) is 0 Å². The summed E-state index contributed by atoms with van der Waals surface area (Å²) in [4.78, 5) is 12.4. The predicted octanol–water partition coefficient (Wildman–Crippen LogP) is 2.38. The first-order valence-electron chi connectivity index (χ1n) is 4.71. The van der Waals surface area contributed by atoms with Gasteiger partial charge in [0.1, 0.15) is 11.5 Å². The molecule has 1 aliphatic heterocycles. The van der Waals surface area contributed by atoms with Crippen LogP contribution in [0, 0.1) is 0 Å². The molecule has 0 bridgehead atoms. The Labute approximate surface area is 92.8 Å². The van der Waals surface area contributed by atoms with Crippen LogP contribution in [0.3, 0.4) is 0 Å². The van der Waals surface area contributed by atoms with Crippen LogP contribution in [-0.4, -0.2) is 25.3 Å². The number of rotatable bonds is 2. The minimum absolute atomic E-state index is 0.0147. The summed E-state index contributed by atoms with van der Waals surface area (Å²) in [5.41, 5.74) is 0.620. The van der Waals surface area contributed by atoms with Crippen LogP contribution in [0.5, 0.6) is 11.5 Å². The molecular weight excluding hydrogens is 212 g/mol. The van der Waals surface area contributed by atoms with Crippen molar-refractivity contribution < 1.29 is 14.3 Å². The van der Waals surface area contributed by atoms with E-state index in [9.17, 15) is 4.79 Å². The number of thioether (sulfide) groups is 1. The second-order valence-electron chi connectivity index (χ2n) is 3.25. The van der Waals surface area contributed by atoms with Gasteiger partial charge in [0.15, 0.2) is 5.78 Å². The Balaban J connectivity index is 2.51. The molecule has 2 rings (SSSR count). The first-order chi connectivity index (χ1) is 7.22. The molecule has 0 saturated heterocycles. The van der Waals surface area contributed by atoms with Crippen LogP contribution in [-0.2, 0) is 0 Å². The number of Topliss-reactive ketones (excluding diaryl/α,β-unsaturated/α-hetero) is 1. The Bertz CT molecular complexity index is 401. The molecular formula is C11H12O3S. The monoisotopic (exact) mass is 224 g/mol. The van der Waals surface area contributed by atoms with E-state index in [0.29, 0.717) is 17.9 Å². The molecule has 0 aromatic heterocycles. The fourth-order valence-electron chi connectivity index (χ4n) is 1.51. The Morgan fingerprint density at radius 1 is 1.53 bits per heavy atom. The maximum absolute atomic E-state index is 11.4. The van der Waals surface area contributed by atoms with Crippen molar-refractivity contribution in [2.24, 2.45) is 0 Å². The van der Waals surface area contributed by atoms with Crippen LogP contribution in [0.15, 0.2) is 17.0 Å². The molecule has 0 aliphatic carbocycles. The average molecular weight is 224 g/mol. The number of ketones is 1. The summed E-state index contributed by atoms with van der Waals surface area (Å²) in [5.74, 6) is 2.34. The lowest BCUT2D eigenvalue weighted by atomic mass is 10.1. The lowest BCUT2D eigenvalue weighted by Crippen LogP contribution is -2.08. The van der Waals surface area contributed by atoms with Gasteiger partial charge in [0, 0.05) is 11.8 Å². The van der Waals surface area contributed by atoms with Crippen molar-refractivity contribution in [1.29, 1.82) is 0 Å². The smallest absolute Gasteiger partial charge is 0.163 e. The number of hydrogen-bond donors (Lipinski definition) is 0. The normalized spacial score (nSPS) is 14.0. The zero-order valence-corrected chi connectivity index (χ0v) is 9.52. The highest BCUT2D eigenvalue weighted by atomic mass is 32.2. The predicted molar refractivity (Wildman–Crippen MR) is 59.2 cm³/mol. The number of benzene rings is 1. The lowest BCUT2D eigenvalue weighted by Gasteiger charge is -2.18. The first-order valence-corrected chi connectivity index (χ1v) is 5.69. The third-order valence-corrected chi connectivity index (χ3v) is 3.24. The van der Waals surface area contributed by atoms with Crippen molar-refractivity contribution in [1.82, 2.24) is 0 Å². The van der Waals surface area contributed by atoms with E-state index in [2.05, 4.69) is 0 Å². The van der Waals surface area contributed by atoms with Crippen LogP contribution in [0.25, 0.3) is 0 Å². The van der Waals surface area contributed by atoms with E-state index >= 15 is 0 Å². The zero-order valence-electron chi connectivity index (χ0n) is 8.70. The van der Waals surface area contributed by atoms with Crippen LogP contribution in [0.2, 0.25) is 0 Å². The van der Waals surface area contributed by atoms with Crippen molar-refractivity contribution in [2.45, 2.75) is 11.8 Å². The van der Waals surface area contributed by atoms with Crippen LogP contribution in [0.1, 0.15) is 17.3 Å². The molecule has 1 aliphatic rings. The van der Waals surface area contributed by atoms with Gasteiger partial charge in [-0.3, -0.25) is 4.79 Å². The number of fused-ring (bicyclic) bond motifs is 1. The van der Waals surface area contributed by atoms with Crippen LogP contribution in [0.4, 0.5) is 0 Å². The summed E-state index contributed by atoms with van der Waals surface area (Å²) < 4.78 is 10.7. The Kier molecular flexibility index (Phi) is 2.86. The Morgan fingerprint density at radius 2 is 2.33 bits per heavy atom. The summed E-state index contributed by atoms with van der Waals surface area (Å²) in [6.45, 7) is 2.25. The van der Waals surface area contributed by atoms with Gasteiger partial charge in [-0.05, 0) is 13.0 Å². The minimum Gasteiger partial charge on any atom is -0.496 e. The number of ether oxygens (including phenoxy) is 2. The fraction of sp³-hybridized carbons (Fsp3) is 0.364. The topological polar surface area (TPSA) is 35.5 Å². The standard InChI is InChI=1S/C11H12O3S/c1-7(12)8-5-11-10(6-9(8)13-2)14-3-4-15-11/h5-6H,3-4H2,1-2H3. The van der Waals surface area contributed by atoms with E-state index < -0.39 is 0 Å². The highest BCUT2D eigenvalue weighted by Crippen LogP contribution is 2.38. The quantitative estimate of drug-likeness (QED) is 0.722. The third-order valence-electron chi connectivity index (χ3n) is 2.24. The van der Waals surface area contributed by atoms with Gasteiger partial charge in [-0.1, -0.05) is 0 Å². The number of hydrogen-bond acceptors (Lipinski definition) is 4. The first kappa shape index (κ1) is 10.4. The lowest BCUT2D eigenvalue weighted by molar-refractivity contribution is 0.101. The molecule has 1 aromatic carbocycles. The zero-order chi connectivity index (χ0) is 10.8. The van der Waals surface area contributed by atoms with Crippen LogP contribution >= 0.6 is 11.8 Å². The minimum atomic E-state index is 0.0147. The fourth-order valence-corrected chi connectivity index (χ4v) is 2.36. The molecule has 1 heterocycles. The van der Waals surface area contributed by atoms with E-state index in [1.165, 1.54) is 0 Å². The second kappa shape index (κ2) is 4.14. The Hall–Kier alpha value is -1.16.